The lowest BCUT2D eigenvalue weighted by molar-refractivity contribution is 0.0512. The van der Waals surface area contributed by atoms with E-state index < -0.39 is 5.60 Å². The van der Waals surface area contributed by atoms with Crippen LogP contribution < -0.4 is 11.1 Å². The second kappa shape index (κ2) is 5.98. The molecule has 0 saturated heterocycles. The van der Waals surface area contributed by atoms with Gasteiger partial charge in [0.05, 0.1) is 5.60 Å². The molecule has 0 bridgehead atoms. The molecular weight excluding hydrogens is 214 g/mol. The fraction of sp³-hybridized carbons (Fsp3) is 0.615. The molecule has 1 rings (SSSR count). The van der Waals surface area contributed by atoms with Crippen LogP contribution in [0.4, 0.5) is 5.82 Å². The predicted molar refractivity (Wildman–Crippen MR) is 70.7 cm³/mol. The van der Waals surface area contributed by atoms with Crippen molar-refractivity contribution < 1.29 is 5.11 Å². The normalized spacial score (nSPS) is 14.9. The van der Waals surface area contributed by atoms with E-state index in [1.165, 1.54) is 0 Å². The van der Waals surface area contributed by atoms with Crippen LogP contribution in [0.2, 0.25) is 0 Å². The van der Waals surface area contributed by atoms with Crippen LogP contribution >= 0.6 is 0 Å². The molecule has 1 aromatic heterocycles. The molecule has 4 N–H and O–H groups in total. The minimum absolute atomic E-state index is 0.439. The molecule has 1 unspecified atom stereocenters. The van der Waals surface area contributed by atoms with Crippen molar-refractivity contribution in [2.45, 2.75) is 45.3 Å². The number of rotatable bonds is 6. The van der Waals surface area contributed by atoms with E-state index in [0.29, 0.717) is 24.7 Å². The second-order valence-corrected chi connectivity index (χ2v) is 5.08. The highest BCUT2D eigenvalue weighted by atomic mass is 16.3. The fourth-order valence-electron chi connectivity index (χ4n) is 1.73. The molecule has 0 aliphatic carbocycles. The van der Waals surface area contributed by atoms with E-state index in [-0.39, 0.29) is 0 Å². The van der Waals surface area contributed by atoms with E-state index in [9.17, 15) is 5.11 Å². The molecule has 4 heteroatoms. The van der Waals surface area contributed by atoms with Gasteiger partial charge in [-0.05, 0) is 31.5 Å². The summed E-state index contributed by atoms with van der Waals surface area (Å²) in [5, 5.41) is 13.6. The number of nitrogens with two attached hydrogens (primary N) is 1. The minimum atomic E-state index is -0.751. The topological polar surface area (TPSA) is 71.2 Å². The van der Waals surface area contributed by atoms with Gasteiger partial charge >= 0.3 is 0 Å². The van der Waals surface area contributed by atoms with Crippen molar-refractivity contribution in [1.29, 1.82) is 0 Å². The third kappa shape index (κ3) is 5.15. The highest BCUT2D eigenvalue weighted by Crippen LogP contribution is 2.19. The summed E-state index contributed by atoms with van der Waals surface area (Å²) in [6.07, 6.45) is 2.89. The van der Waals surface area contributed by atoms with Gasteiger partial charge in [-0.1, -0.05) is 19.9 Å². The molecule has 0 spiro atoms. The largest absolute Gasteiger partial charge is 0.390 e. The van der Waals surface area contributed by atoms with Gasteiger partial charge in [0.2, 0.25) is 0 Å². The summed E-state index contributed by atoms with van der Waals surface area (Å²) in [6, 6.07) is 4.19. The Balaban J connectivity index is 2.51. The first-order chi connectivity index (χ1) is 7.91. The van der Waals surface area contributed by atoms with Gasteiger partial charge in [0.15, 0.2) is 0 Å². The van der Waals surface area contributed by atoms with Crippen molar-refractivity contribution in [2.24, 2.45) is 0 Å². The molecule has 1 aromatic rings. The number of nitrogens with one attached hydrogen (secondary N) is 1. The lowest BCUT2D eigenvalue weighted by Gasteiger charge is -2.24. The molecule has 0 fully saturated rings. The van der Waals surface area contributed by atoms with Crippen LogP contribution in [-0.2, 0) is 6.42 Å². The Morgan fingerprint density at radius 1 is 1.53 bits per heavy atom. The van der Waals surface area contributed by atoms with E-state index in [1.54, 1.807) is 6.20 Å². The summed E-state index contributed by atoms with van der Waals surface area (Å²) in [5.74, 6) is 0.504. The Morgan fingerprint density at radius 3 is 2.82 bits per heavy atom. The standard InChI is InChI=1S/C13H23N3O/c1-10(2)15-8-6-13(3,17)9-11-5-4-7-16-12(11)14/h4-5,7,10,15,17H,6,8-9H2,1-3H3,(H2,14,16). The number of anilines is 1. The number of hydrogen-bond acceptors (Lipinski definition) is 4. The number of nitrogens with zero attached hydrogens (tertiary/aromatic N) is 1. The monoisotopic (exact) mass is 237 g/mol. The van der Waals surface area contributed by atoms with Crippen LogP contribution in [0.25, 0.3) is 0 Å². The summed E-state index contributed by atoms with van der Waals surface area (Å²) in [6.45, 7) is 6.81. The highest BCUT2D eigenvalue weighted by molar-refractivity contribution is 5.39. The van der Waals surface area contributed by atoms with Crippen molar-refractivity contribution in [3.63, 3.8) is 0 Å². The van der Waals surface area contributed by atoms with Gasteiger partial charge in [-0.3, -0.25) is 0 Å². The first-order valence-corrected chi connectivity index (χ1v) is 6.06. The zero-order valence-corrected chi connectivity index (χ0v) is 10.9. The maximum Gasteiger partial charge on any atom is 0.126 e. The van der Waals surface area contributed by atoms with E-state index in [4.69, 9.17) is 5.73 Å². The molecule has 1 atom stereocenters. The molecule has 0 saturated carbocycles. The maximum absolute atomic E-state index is 10.3. The van der Waals surface area contributed by atoms with Crippen LogP contribution in [0.1, 0.15) is 32.8 Å². The third-order valence-corrected chi connectivity index (χ3v) is 2.71. The van der Waals surface area contributed by atoms with Crippen LogP contribution in [0.3, 0.4) is 0 Å². The molecule has 1 heterocycles. The first kappa shape index (κ1) is 13.9. The molecule has 0 aliphatic heterocycles. The molecule has 0 amide bonds. The Hall–Kier alpha value is -1.13. The summed E-state index contributed by atoms with van der Waals surface area (Å²) in [7, 11) is 0. The van der Waals surface area contributed by atoms with Gasteiger partial charge in [0, 0.05) is 18.7 Å². The smallest absolute Gasteiger partial charge is 0.126 e. The minimum Gasteiger partial charge on any atom is -0.390 e. The van der Waals surface area contributed by atoms with Gasteiger partial charge in [-0.15, -0.1) is 0 Å². The van der Waals surface area contributed by atoms with E-state index >= 15 is 0 Å². The predicted octanol–water partition coefficient (Wildman–Crippen LogP) is 1.35. The Bertz CT molecular complexity index is 350. The van der Waals surface area contributed by atoms with Crippen LogP contribution in [0.5, 0.6) is 0 Å². The van der Waals surface area contributed by atoms with Gasteiger partial charge in [0.25, 0.3) is 0 Å². The maximum atomic E-state index is 10.3. The molecular formula is C13H23N3O. The molecule has 4 nitrogen and oxygen atoms in total. The zero-order chi connectivity index (χ0) is 12.9. The molecule has 96 valence electrons. The van der Waals surface area contributed by atoms with Crippen molar-refractivity contribution >= 4 is 5.82 Å². The summed E-state index contributed by atoms with van der Waals surface area (Å²) < 4.78 is 0. The SMILES string of the molecule is CC(C)NCCC(C)(O)Cc1cccnc1N. The average Bonchev–Trinajstić information content (AvgIpc) is 2.20. The Morgan fingerprint density at radius 2 is 2.24 bits per heavy atom. The Labute approximate surface area is 103 Å². The third-order valence-electron chi connectivity index (χ3n) is 2.71. The molecule has 0 radical (unpaired) electrons. The number of hydrogen-bond donors (Lipinski definition) is 3. The average molecular weight is 237 g/mol. The van der Waals surface area contributed by atoms with Crippen molar-refractivity contribution in [2.75, 3.05) is 12.3 Å². The summed E-state index contributed by atoms with van der Waals surface area (Å²) in [5.41, 5.74) is 5.92. The number of aromatic nitrogens is 1. The van der Waals surface area contributed by atoms with Gasteiger partial charge in [-0.2, -0.15) is 0 Å². The van der Waals surface area contributed by atoms with Gasteiger partial charge < -0.3 is 16.2 Å². The van der Waals surface area contributed by atoms with Crippen molar-refractivity contribution in [1.82, 2.24) is 10.3 Å². The fourth-order valence-corrected chi connectivity index (χ4v) is 1.73. The lowest BCUT2D eigenvalue weighted by atomic mass is 9.93. The lowest BCUT2D eigenvalue weighted by Crippen LogP contribution is -2.34. The van der Waals surface area contributed by atoms with Gasteiger partial charge in [0.1, 0.15) is 5.82 Å². The highest BCUT2D eigenvalue weighted by Gasteiger charge is 2.21. The van der Waals surface area contributed by atoms with E-state index in [1.807, 2.05) is 19.1 Å². The number of pyridine rings is 1. The molecule has 17 heavy (non-hydrogen) atoms. The molecule has 0 aromatic carbocycles. The van der Waals surface area contributed by atoms with Crippen LogP contribution in [0, 0.1) is 0 Å². The van der Waals surface area contributed by atoms with E-state index in [2.05, 4.69) is 24.1 Å². The second-order valence-electron chi connectivity index (χ2n) is 5.08. The molecule has 0 aliphatic rings. The quantitative estimate of drug-likeness (QED) is 0.698. The summed E-state index contributed by atoms with van der Waals surface area (Å²) >= 11 is 0. The van der Waals surface area contributed by atoms with Crippen molar-refractivity contribution in [3.8, 4) is 0 Å². The van der Waals surface area contributed by atoms with Crippen LogP contribution in [-0.4, -0.2) is 28.3 Å². The van der Waals surface area contributed by atoms with Gasteiger partial charge in [-0.25, -0.2) is 4.98 Å². The van der Waals surface area contributed by atoms with Crippen LogP contribution in [0.15, 0.2) is 18.3 Å². The van der Waals surface area contributed by atoms with Crippen molar-refractivity contribution in [3.05, 3.63) is 23.9 Å². The van der Waals surface area contributed by atoms with E-state index in [0.717, 1.165) is 12.1 Å². The summed E-state index contributed by atoms with van der Waals surface area (Å²) in [4.78, 5) is 4.02. The zero-order valence-electron chi connectivity index (χ0n) is 10.9. The number of nitrogen functional groups attached to an aromatic ring is 1. The number of aliphatic hydroxyl groups is 1. The Kier molecular flexibility index (Phi) is 4.90. The first-order valence-electron chi connectivity index (χ1n) is 6.06.